The van der Waals surface area contributed by atoms with Crippen LogP contribution in [0, 0.1) is 25.2 Å². The van der Waals surface area contributed by atoms with Crippen LogP contribution in [0.3, 0.4) is 0 Å². The minimum atomic E-state index is -3.89. The lowest BCUT2D eigenvalue weighted by atomic mass is 10.2. The molecule has 1 amide bonds. The van der Waals surface area contributed by atoms with E-state index in [2.05, 4.69) is 4.72 Å². The number of sulfonamides is 1. The van der Waals surface area contributed by atoms with Crippen LogP contribution in [-0.2, 0) is 24.3 Å². The van der Waals surface area contributed by atoms with Crippen molar-refractivity contribution in [3.8, 4) is 6.07 Å². The zero-order valence-electron chi connectivity index (χ0n) is 17.1. The number of amides is 1. The molecule has 0 saturated carbocycles. The fraction of sp³-hybridized carbons (Fsp3) is 0.286. The number of hydrogen-bond acceptors (Lipinski definition) is 6. The maximum Gasteiger partial charge on any atom is 0.321 e. The van der Waals surface area contributed by atoms with Gasteiger partial charge < -0.3 is 9.64 Å². The van der Waals surface area contributed by atoms with Crippen LogP contribution in [0.5, 0.6) is 0 Å². The highest BCUT2D eigenvalue weighted by atomic mass is 35.5. The Bertz CT molecular complexity index is 1090. The van der Waals surface area contributed by atoms with E-state index in [9.17, 15) is 18.0 Å². The molecule has 0 atom stereocenters. The second-order valence-electron chi connectivity index (χ2n) is 6.69. The lowest BCUT2D eigenvalue weighted by Gasteiger charge is -2.22. The van der Waals surface area contributed by atoms with Gasteiger partial charge in [-0.25, -0.2) is 8.42 Å². The molecule has 31 heavy (non-hydrogen) atoms. The average Bonchev–Trinajstić information content (AvgIpc) is 2.73. The number of nitrogens with zero attached hydrogens (tertiary/aromatic N) is 2. The van der Waals surface area contributed by atoms with Crippen LogP contribution in [0.1, 0.15) is 17.5 Å². The Morgan fingerprint density at radius 1 is 1.16 bits per heavy atom. The molecule has 0 aliphatic heterocycles. The molecule has 1 N–H and O–H groups in total. The van der Waals surface area contributed by atoms with Crippen molar-refractivity contribution in [2.24, 2.45) is 0 Å². The molecule has 0 radical (unpaired) electrons. The molecule has 8 nitrogen and oxygen atoms in total. The van der Waals surface area contributed by atoms with Gasteiger partial charge in [-0.15, -0.1) is 0 Å². The van der Waals surface area contributed by atoms with Gasteiger partial charge in [-0.2, -0.15) is 9.98 Å². The van der Waals surface area contributed by atoms with Gasteiger partial charge in [0.25, 0.3) is 5.91 Å². The molecular weight excluding hydrogens is 442 g/mol. The zero-order chi connectivity index (χ0) is 23.0. The Hall–Kier alpha value is -2.93. The number of benzene rings is 2. The number of hydrogen-bond donors (Lipinski definition) is 1. The van der Waals surface area contributed by atoms with Gasteiger partial charge in [-0.1, -0.05) is 29.3 Å². The molecule has 0 aliphatic rings. The first-order chi connectivity index (χ1) is 14.6. The number of anilines is 1. The highest BCUT2D eigenvalue weighted by Crippen LogP contribution is 2.23. The van der Waals surface area contributed by atoms with Crippen molar-refractivity contribution >= 4 is 39.2 Å². The maximum atomic E-state index is 12.6. The number of carbonyl (C=O) groups is 2. The lowest BCUT2D eigenvalue weighted by Crippen LogP contribution is -2.37. The minimum Gasteiger partial charge on any atom is -0.455 e. The van der Waals surface area contributed by atoms with Crippen LogP contribution in [0.25, 0.3) is 0 Å². The Labute approximate surface area is 186 Å². The summed E-state index contributed by atoms with van der Waals surface area (Å²) in [5.41, 5.74) is 2.16. The minimum absolute atomic E-state index is 0.0164. The van der Waals surface area contributed by atoms with Gasteiger partial charge in [0.2, 0.25) is 10.0 Å². The smallest absolute Gasteiger partial charge is 0.321 e. The zero-order valence-corrected chi connectivity index (χ0v) is 18.7. The summed E-state index contributed by atoms with van der Waals surface area (Å²) >= 11 is 6.01. The molecule has 0 spiro atoms. The van der Waals surface area contributed by atoms with Gasteiger partial charge in [0.05, 0.1) is 17.4 Å². The van der Waals surface area contributed by atoms with Gasteiger partial charge in [0.15, 0.2) is 6.61 Å². The van der Waals surface area contributed by atoms with E-state index >= 15 is 0 Å². The molecule has 164 valence electrons. The predicted molar refractivity (Wildman–Crippen MR) is 116 cm³/mol. The third-order valence-electron chi connectivity index (χ3n) is 4.30. The second kappa shape index (κ2) is 10.9. The normalized spacial score (nSPS) is 10.9. The number of esters is 1. The third-order valence-corrected chi connectivity index (χ3v) is 6.14. The Balaban J connectivity index is 1.96. The third kappa shape index (κ3) is 7.07. The SMILES string of the molecule is Cc1ccc(S(=O)(=O)NCC(=O)OCC(=O)N(CCC#N)c2ccc(Cl)c(C)c2)cc1. The number of nitrogens with one attached hydrogen (secondary N) is 1. The van der Waals surface area contributed by atoms with E-state index in [0.29, 0.717) is 10.7 Å². The van der Waals surface area contributed by atoms with E-state index in [1.165, 1.54) is 17.0 Å². The van der Waals surface area contributed by atoms with Crippen molar-refractivity contribution in [3.05, 3.63) is 58.6 Å². The predicted octanol–water partition coefficient (Wildman–Crippen LogP) is 2.73. The molecule has 0 fully saturated rings. The monoisotopic (exact) mass is 463 g/mol. The number of aryl methyl sites for hydroxylation is 2. The molecule has 0 bridgehead atoms. The lowest BCUT2D eigenvalue weighted by molar-refractivity contribution is -0.146. The van der Waals surface area contributed by atoms with Gasteiger partial charge in [0, 0.05) is 17.3 Å². The van der Waals surface area contributed by atoms with E-state index in [4.69, 9.17) is 21.6 Å². The molecule has 0 saturated heterocycles. The van der Waals surface area contributed by atoms with Crippen molar-refractivity contribution in [2.45, 2.75) is 25.2 Å². The van der Waals surface area contributed by atoms with Crippen molar-refractivity contribution in [1.82, 2.24) is 4.72 Å². The van der Waals surface area contributed by atoms with E-state index < -0.39 is 35.1 Å². The summed E-state index contributed by atoms with van der Waals surface area (Å²) in [7, 11) is -3.89. The summed E-state index contributed by atoms with van der Waals surface area (Å²) < 4.78 is 31.5. The first-order valence-corrected chi connectivity index (χ1v) is 11.2. The highest BCUT2D eigenvalue weighted by Gasteiger charge is 2.20. The molecule has 2 aromatic carbocycles. The van der Waals surface area contributed by atoms with Crippen LogP contribution in [0.2, 0.25) is 5.02 Å². The molecule has 0 heterocycles. The standard InChI is InChI=1S/C21H22ClN3O5S/c1-15-4-7-18(8-5-15)31(28,29)24-13-21(27)30-14-20(26)25(11-3-10-23)17-6-9-19(22)16(2)12-17/h4-9,12,24H,3,11,13-14H2,1-2H3. The largest absolute Gasteiger partial charge is 0.455 e. The van der Waals surface area contributed by atoms with E-state index in [1.807, 2.05) is 13.0 Å². The molecule has 0 aromatic heterocycles. The van der Waals surface area contributed by atoms with Gasteiger partial charge >= 0.3 is 5.97 Å². The van der Waals surface area contributed by atoms with Crippen molar-refractivity contribution in [2.75, 3.05) is 24.6 Å². The number of ether oxygens (including phenoxy) is 1. The number of carbonyl (C=O) groups excluding carboxylic acids is 2. The topological polar surface area (TPSA) is 117 Å². The van der Waals surface area contributed by atoms with Crippen molar-refractivity contribution in [1.29, 1.82) is 5.26 Å². The number of nitriles is 1. The molecule has 0 aliphatic carbocycles. The van der Waals surface area contributed by atoms with Crippen molar-refractivity contribution in [3.63, 3.8) is 0 Å². The summed E-state index contributed by atoms with van der Waals surface area (Å²) in [5, 5.41) is 9.39. The van der Waals surface area contributed by atoms with E-state index in [-0.39, 0.29) is 17.9 Å². The molecule has 2 rings (SSSR count). The van der Waals surface area contributed by atoms with E-state index in [1.54, 1.807) is 37.3 Å². The van der Waals surface area contributed by atoms with Crippen molar-refractivity contribution < 1.29 is 22.7 Å². The summed E-state index contributed by atoms with van der Waals surface area (Å²) in [6, 6.07) is 13.0. The fourth-order valence-electron chi connectivity index (χ4n) is 2.58. The van der Waals surface area contributed by atoms with Gasteiger partial charge in [0.1, 0.15) is 6.54 Å². The van der Waals surface area contributed by atoms with Crippen LogP contribution in [-0.4, -0.2) is 40.0 Å². The summed E-state index contributed by atoms with van der Waals surface area (Å²) in [5.74, 6) is -1.46. The molecular formula is C21H22ClN3O5S. The van der Waals surface area contributed by atoms with Crippen LogP contribution >= 0.6 is 11.6 Å². The summed E-state index contributed by atoms with van der Waals surface area (Å²) in [6.45, 7) is 2.48. The Kier molecular flexibility index (Phi) is 8.56. The van der Waals surface area contributed by atoms with E-state index in [0.717, 1.165) is 11.1 Å². The number of halogens is 1. The molecule has 0 unspecified atom stereocenters. The first-order valence-electron chi connectivity index (χ1n) is 9.29. The summed E-state index contributed by atoms with van der Waals surface area (Å²) in [6.07, 6.45) is 0.0811. The highest BCUT2D eigenvalue weighted by molar-refractivity contribution is 7.89. The molecule has 2 aromatic rings. The van der Waals surface area contributed by atoms with Crippen LogP contribution in [0.15, 0.2) is 47.4 Å². The maximum absolute atomic E-state index is 12.6. The van der Waals surface area contributed by atoms with Crippen LogP contribution < -0.4 is 9.62 Å². The average molecular weight is 464 g/mol. The Morgan fingerprint density at radius 2 is 1.84 bits per heavy atom. The number of rotatable bonds is 9. The van der Waals surface area contributed by atoms with Crippen LogP contribution in [0.4, 0.5) is 5.69 Å². The Morgan fingerprint density at radius 3 is 2.45 bits per heavy atom. The quantitative estimate of drug-likeness (QED) is 0.571. The second-order valence-corrected chi connectivity index (χ2v) is 8.86. The summed E-state index contributed by atoms with van der Waals surface area (Å²) in [4.78, 5) is 25.9. The molecule has 10 heteroatoms. The first kappa shape index (κ1) is 24.3. The van der Waals surface area contributed by atoms with Gasteiger partial charge in [-0.05, 0) is 49.7 Å². The fourth-order valence-corrected chi connectivity index (χ4v) is 3.67. The van der Waals surface area contributed by atoms with Gasteiger partial charge in [-0.3, -0.25) is 9.59 Å².